The summed E-state index contributed by atoms with van der Waals surface area (Å²) in [5.74, 6) is 0.442. The van der Waals surface area contributed by atoms with Gasteiger partial charge in [-0.15, -0.1) is 5.10 Å². The van der Waals surface area contributed by atoms with Crippen molar-refractivity contribution in [2.45, 2.75) is 39.7 Å². The number of rotatable bonds is 5. The summed E-state index contributed by atoms with van der Waals surface area (Å²) in [6.45, 7) is 7.35. The van der Waals surface area contributed by atoms with Crippen molar-refractivity contribution in [2.75, 3.05) is 0 Å². The molecule has 23 heavy (non-hydrogen) atoms. The Bertz CT molecular complexity index is 775. The van der Waals surface area contributed by atoms with Crippen LogP contribution < -0.4 is 0 Å². The maximum absolute atomic E-state index is 4.34. The predicted octanol–water partition coefficient (Wildman–Crippen LogP) is 4.29. The maximum atomic E-state index is 4.34. The van der Waals surface area contributed by atoms with Crippen LogP contribution in [-0.4, -0.2) is 15.0 Å². The van der Waals surface area contributed by atoms with Crippen molar-refractivity contribution in [1.82, 2.24) is 15.0 Å². The van der Waals surface area contributed by atoms with Gasteiger partial charge in [0.1, 0.15) is 0 Å². The molecule has 3 aromatic rings. The second kappa shape index (κ2) is 6.78. The van der Waals surface area contributed by atoms with E-state index in [0.717, 1.165) is 18.7 Å². The second-order valence-corrected chi connectivity index (χ2v) is 6.36. The van der Waals surface area contributed by atoms with Gasteiger partial charge in [-0.3, -0.25) is 0 Å². The van der Waals surface area contributed by atoms with Crippen LogP contribution in [0.4, 0.5) is 0 Å². The zero-order valence-corrected chi connectivity index (χ0v) is 14.0. The second-order valence-electron chi connectivity index (χ2n) is 6.36. The molecule has 3 nitrogen and oxygen atoms in total. The summed E-state index contributed by atoms with van der Waals surface area (Å²) in [5, 5.41) is 8.60. The first-order valence-electron chi connectivity index (χ1n) is 8.12. The highest BCUT2D eigenvalue weighted by atomic mass is 15.4. The lowest BCUT2D eigenvalue weighted by Gasteiger charge is -2.13. The monoisotopic (exact) mass is 305 g/mol. The van der Waals surface area contributed by atoms with Crippen molar-refractivity contribution in [1.29, 1.82) is 0 Å². The minimum absolute atomic E-state index is 0.442. The molecule has 1 aromatic heterocycles. The smallest absolute Gasteiger partial charge is 0.0833 e. The molecule has 3 heteroatoms. The van der Waals surface area contributed by atoms with Crippen LogP contribution in [0.15, 0.2) is 54.7 Å². The van der Waals surface area contributed by atoms with Crippen LogP contribution in [0.2, 0.25) is 0 Å². The molecule has 0 fully saturated rings. The Kier molecular flexibility index (Phi) is 4.56. The van der Waals surface area contributed by atoms with Gasteiger partial charge in [-0.2, -0.15) is 0 Å². The van der Waals surface area contributed by atoms with E-state index < -0.39 is 0 Å². The van der Waals surface area contributed by atoms with Crippen LogP contribution in [0.25, 0.3) is 0 Å². The summed E-state index contributed by atoms with van der Waals surface area (Å²) in [5.41, 5.74) is 6.36. The lowest BCUT2D eigenvalue weighted by atomic mass is 9.92. The van der Waals surface area contributed by atoms with Gasteiger partial charge in [0, 0.05) is 6.20 Å². The molecular weight excluding hydrogens is 282 g/mol. The molecular formula is C20H23N3. The molecule has 0 spiro atoms. The first kappa shape index (κ1) is 15.5. The van der Waals surface area contributed by atoms with E-state index in [4.69, 9.17) is 0 Å². The number of benzene rings is 2. The minimum atomic E-state index is 0.442. The number of aromatic nitrogens is 3. The first-order valence-corrected chi connectivity index (χ1v) is 8.12. The molecule has 3 rings (SSSR count). The van der Waals surface area contributed by atoms with E-state index in [9.17, 15) is 0 Å². The number of nitrogens with zero attached hydrogens (tertiary/aromatic N) is 3. The van der Waals surface area contributed by atoms with Crippen molar-refractivity contribution in [3.63, 3.8) is 0 Å². The van der Waals surface area contributed by atoms with Gasteiger partial charge in [0.25, 0.3) is 0 Å². The Balaban J connectivity index is 1.69. The topological polar surface area (TPSA) is 30.7 Å². The summed E-state index contributed by atoms with van der Waals surface area (Å²) in [6, 6.07) is 17.0. The fourth-order valence-electron chi connectivity index (χ4n) is 3.08. The van der Waals surface area contributed by atoms with Crippen molar-refractivity contribution < 1.29 is 0 Å². The van der Waals surface area contributed by atoms with Crippen molar-refractivity contribution >= 4 is 0 Å². The fourth-order valence-corrected chi connectivity index (χ4v) is 3.08. The highest BCUT2D eigenvalue weighted by molar-refractivity contribution is 5.33. The third kappa shape index (κ3) is 3.86. The fraction of sp³-hybridized carbons (Fsp3) is 0.300. The predicted molar refractivity (Wildman–Crippen MR) is 93.6 cm³/mol. The van der Waals surface area contributed by atoms with E-state index in [0.29, 0.717) is 5.92 Å². The molecule has 0 aliphatic heterocycles. The Morgan fingerprint density at radius 2 is 1.83 bits per heavy atom. The molecule has 0 saturated heterocycles. The summed E-state index contributed by atoms with van der Waals surface area (Å²) < 4.78 is 1.92. The van der Waals surface area contributed by atoms with Gasteiger partial charge in [-0.05, 0) is 42.9 Å². The number of aryl methyl sites for hydroxylation is 2. The van der Waals surface area contributed by atoms with Gasteiger partial charge >= 0.3 is 0 Å². The van der Waals surface area contributed by atoms with Crippen molar-refractivity contribution in [2.24, 2.45) is 0 Å². The van der Waals surface area contributed by atoms with Crippen LogP contribution in [0.3, 0.4) is 0 Å². The lowest BCUT2D eigenvalue weighted by molar-refractivity contribution is 0.648. The molecule has 0 N–H and O–H groups in total. The Morgan fingerprint density at radius 3 is 2.57 bits per heavy atom. The molecule has 0 aliphatic carbocycles. The molecule has 0 bridgehead atoms. The van der Waals surface area contributed by atoms with Crippen LogP contribution >= 0.6 is 0 Å². The zero-order chi connectivity index (χ0) is 16.2. The van der Waals surface area contributed by atoms with Gasteiger partial charge in [0.15, 0.2) is 0 Å². The van der Waals surface area contributed by atoms with Gasteiger partial charge in [-0.25, -0.2) is 4.68 Å². The van der Waals surface area contributed by atoms with Gasteiger partial charge in [0.2, 0.25) is 0 Å². The minimum Gasteiger partial charge on any atom is -0.248 e. The van der Waals surface area contributed by atoms with Gasteiger partial charge in [-0.1, -0.05) is 66.2 Å². The highest BCUT2D eigenvalue weighted by Crippen LogP contribution is 2.23. The Labute approximate surface area is 138 Å². The molecule has 2 aromatic carbocycles. The highest BCUT2D eigenvalue weighted by Gasteiger charge is 2.12. The summed E-state index contributed by atoms with van der Waals surface area (Å²) in [4.78, 5) is 0. The molecule has 118 valence electrons. The molecule has 0 saturated carbocycles. The van der Waals surface area contributed by atoms with Gasteiger partial charge < -0.3 is 0 Å². The molecule has 1 unspecified atom stereocenters. The normalized spacial score (nSPS) is 12.3. The third-order valence-corrected chi connectivity index (χ3v) is 4.25. The molecule has 1 heterocycles. The summed E-state index contributed by atoms with van der Waals surface area (Å²) in [7, 11) is 0. The Morgan fingerprint density at radius 1 is 1.04 bits per heavy atom. The lowest BCUT2D eigenvalue weighted by Crippen LogP contribution is -2.02. The van der Waals surface area contributed by atoms with Crippen LogP contribution in [0.5, 0.6) is 0 Å². The van der Waals surface area contributed by atoms with Crippen molar-refractivity contribution in [3.8, 4) is 0 Å². The first-order chi connectivity index (χ1) is 11.1. The quantitative estimate of drug-likeness (QED) is 0.704. The average Bonchev–Trinajstić information content (AvgIpc) is 2.95. The van der Waals surface area contributed by atoms with E-state index in [1.807, 2.05) is 10.7 Å². The zero-order valence-electron chi connectivity index (χ0n) is 14.0. The van der Waals surface area contributed by atoms with E-state index in [-0.39, 0.29) is 0 Å². The number of hydrogen-bond donors (Lipinski definition) is 0. The van der Waals surface area contributed by atoms with E-state index >= 15 is 0 Å². The van der Waals surface area contributed by atoms with E-state index in [1.54, 1.807) is 0 Å². The summed E-state index contributed by atoms with van der Waals surface area (Å²) in [6.07, 6.45) is 2.98. The number of hydrogen-bond acceptors (Lipinski definition) is 2. The average molecular weight is 305 g/mol. The molecule has 1 atom stereocenters. The van der Waals surface area contributed by atoms with Crippen molar-refractivity contribution in [3.05, 3.63) is 82.7 Å². The molecule has 0 radical (unpaired) electrons. The SMILES string of the molecule is Cc1ccc(C(C)Cc2cn(Cc3ccccc3)nn2)c(C)c1. The maximum Gasteiger partial charge on any atom is 0.0833 e. The summed E-state index contributed by atoms with van der Waals surface area (Å²) >= 11 is 0. The third-order valence-electron chi connectivity index (χ3n) is 4.25. The largest absolute Gasteiger partial charge is 0.248 e. The van der Waals surface area contributed by atoms with Crippen LogP contribution in [-0.2, 0) is 13.0 Å². The van der Waals surface area contributed by atoms with E-state index in [2.05, 4.69) is 79.7 Å². The Hall–Kier alpha value is -2.42. The van der Waals surface area contributed by atoms with Crippen LogP contribution in [0.1, 0.15) is 40.8 Å². The standard InChI is InChI=1S/C20H23N3/c1-15-9-10-20(16(2)11-15)17(3)12-19-14-23(22-21-19)13-18-7-5-4-6-8-18/h4-11,14,17H,12-13H2,1-3H3. The molecule has 0 amide bonds. The van der Waals surface area contributed by atoms with E-state index in [1.165, 1.54) is 22.3 Å². The molecule has 0 aliphatic rings. The van der Waals surface area contributed by atoms with Crippen LogP contribution in [0, 0.1) is 13.8 Å². The van der Waals surface area contributed by atoms with Gasteiger partial charge in [0.05, 0.1) is 12.2 Å².